The Morgan fingerprint density at radius 1 is 1.15 bits per heavy atom. The summed E-state index contributed by atoms with van der Waals surface area (Å²) in [6, 6.07) is 6.82. The fourth-order valence-electron chi connectivity index (χ4n) is 2.69. The van der Waals surface area contributed by atoms with Crippen LogP contribution in [0.3, 0.4) is 0 Å². The summed E-state index contributed by atoms with van der Waals surface area (Å²) in [5.74, 6) is -1.75. The molecule has 1 fully saturated rings. The van der Waals surface area contributed by atoms with E-state index in [0.717, 1.165) is 12.0 Å². The van der Waals surface area contributed by atoms with Crippen LogP contribution < -0.4 is 5.32 Å². The number of amides is 1. The molecule has 1 aliphatic carbocycles. The Morgan fingerprint density at radius 3 is 2.45 bits per heavy atom. The molecule has 2 rings (SSSR count). The number of rotatable bonds is 5. The lowest BCUT2D eigenvalue weighted by Gasteiger charge is -2.15. The number of aliphatic carboxylic acids is 1. The molecule has 0 aliphatic heterocycles. The number of phenols is 1. The highest BCUT2D eigenvalue weighted by atomic mass is 16.4. The average molecular weight is 277 g/mol. The first-order valence-corrected chi connectivity index (χ1v) is 6.86. The van der Waals surface area contributed by atoms with Gasteiger partial charge in [0, 0.05) is 6.54 Å². The van der Waals surface area contributed by atoms with Crippen molar-refractivity contribution in [3.63, 3.8) is 0 Å². The second-order valence-electron chi connectivity index (χ2n) is 5.19. The number of hydrogen-bond donors (Lipinski definition) is 3. The van der Waals surface area contributed by atoms with Crippen molar-refractivity contribution in [2.45, 2.75) is 25.7 Å². The zero-order valence-corrected chi connectivity index (χ0v) is 11.2. The Labute approximate surface area is 117 Å². The Kier molecular flexibility index (Phi) is 4.61. The maximum absolute atomic E-state index is 12.0. The lowest BCUT2D eigenvalue weighted by atomic mass is 9.95. The highest BCUT2D eigenvalue weighted by molar-refractivity contribution is 5.85. The third kappa shape index (κ3) is 3.50. The van der Waals surface area contributed by atoms with E-state index < -0.39 is 17.8 Å². The van der Waals surface area contributed by atoms with E-state index in [9.17, 15) is 9.59 Å². The molecule has 5 nitrogen and oxygen atoms in total. The minimum absolute atomic E-state index is 0.159. The molecule has 0 spiro atoms. The van der Waals surface area contributed by atoms with Gasteiger partial charge in [0.15, 0.2) is 0 Å². The SMILES string of the molecule is O=C(O)[C@H]1CCC[C@H]1C(=O)NCCc1ccc(O)cc1. The van der Waals surface area contributed by atoms with Crippen LogP contribution in [0.5, 0.6) is 5.75 Å². The first kappa shape index (κ1) is 14.4. The van der Waals surface area contributed by atoms with Gasteiger partial charge in [0.05, 0.1) is 11.8 Å². The van der Waals surface area contributed by atoms with Crippen LogP contribution in [0.4, 0.5) is 0 Å². The number of carboxylic acids is 1. The summed E-state index contributed by atoms with van der Waals surface area (Å²) in [5, 5.41) is 21.0. The summed E-state index contributed by atoms with van der Waals surface area (Å²) in [7, 11) is 0. The fraction of sp³-hybridized carbons (Fsp3) is 0.467. The van der Waals surface area contributed by atoms with Gasteiger partial charge in [-0.3, -0.25) is 9.59 Å². The van der Waals surface area contributed by atoms with Crippen molar-refractivity contribution in [1.82, 2.24) is 5.32 Å². The summed E-state index contributed by atoms with van der Waals surface area (Å²) in [5.41, 5.74) is 1.02. The standard InChI is InChI=1S/C15H19NO4/c17-11-6-4-10(5-7-11)8-9-16-14(18)12-2-1-3-13(12)15(19)20/h4-7,12-13,17H,1-3,8-9H2,(H,16,18)(H,19,20)/t12-,13+/m1/s1. The number of carbonyl (C=O) groups is 2. The van der Waals surface area contributed by atoms with Crippen LogP contribution >= 0.6 is 0 Å². The normalized spacial score (nSPS) is 21.6. The minimum Gasteiger partial charge on any atom is -0.508 e. The second kappa shape index (κ2) is 6.41. The molecule has 0 aromatic heterocycles. The lowest BCUT2D eigenvalue weighted by Crippen LogP contribution is -2.36. The highest BCUT2D eigenvalue weighted by Crippen LogP contribution is 2.31. The molecule has 1 aromatic rings. The number of aromatic hydroxyl groups is 1. The molecule has 0 radical (unpaired) electrons. The molecular formula is C15H19NO4. The Hall–Kier alpha value is -2.04. The number of carboxylic acid groups (broad SMARTS) is 1. The van der Waals surface area contributed by atoms with Crippen LogP contribution in [0.1, 0.15) is 24.8 Å². The molecule has 2 atom stereocenters. The predicted octanol–water partition coefficient (Wildman–Crippen LogP) is 1.55. The predicted molar refractivity (Wildman–Crippen MR) is 73.3 cm³/mol. The molecule has 1 aliphatic rings. The van der Waals surface area contributed by atoms with E-state index in [-0.39, 0.29) is 11.7 Å². The highest BCUT2D eigenvalue weighted by Gasteiger charge is 2.37. The number of hydrogen-bond acceptors (Lipinski definition) is 3. The number of phenolic OH excluding ortho intramolecular Hbond substituents is 1. The monoisotopic (exact) mass is 277 g/mol. The topological polar surface area (TPSA) is 86.6 Å². The van der Waals surface area contributed by atoms with Gasteiger partial charge in [-0.05, 0) is 37.0 Å². The molecule has 0 saturated heterocycles. The van der Waals surface area contributed by atoms with E-state index in [0.29, 0.717) is 25.8 Å². The maximum atomic E-state index is 12.0. The van der Waals surface area contributed by atoms with Crippen molar-refractivity contribution in [1.29, 1.82) is 0 Å². The molecule has 1 amide bonds. The van der Waals surface area contributed by atoms with Crippen LogP contribution in [0.25, 0.3) is 0 Å². The van der Waals surface area contributed by atoms with Gasteiger partial charge >= 0.3 is 5.97 Å². The molecule has 0 heterocycles. The molecule has 0 bridgehead atoms. The van der Waals surface area contributed by atoms with Crippen molar-refractivity contribution in [3.05, 3.63) is 29.8 Å². The molecule has 20 heavy (non-hydrogen) atoms. The Bertz CT molecular complexity index is 483. The minimum atomic E-state index is -0.874. The van der Waals surface area contributed by atoms with E-state index in [4.69, 9.17) is 10.2 Å². The van der Waals surface area contributed by atoms with Crippen molar-refractivity contribution in [2.75, 3.05) is 6.54 Å². The second-order valence-corrected chi connectivity index (χ2v) is 5.19. The summed E-state index contributed by atoms with van der Waals surface area (Å²) in [4.78, 5) is 23.0. The van der Waals surface area contributed by atoms with Crippen molar-refractivity contribution in [2.24, 2.45) is 11.8 Å². The smallest absolute Gasteiger partial charge is 0.307 e. The molecular weight excluding hydrogens is 258 g/mol. The molecule has 3 N–H and O–H groups in total. The molecule has 1 saturated carbocycles. The van der Waals surface area contributed by atoms with E-state index in [1.54, 1.807) is 24.3 Å². The third-order valence-corrected chi connectivity index (χ3v) is 3.82. The third-order valence-electron chi connectivity index (χ3n) is 3.82. The molecule has 5 heteroatoms. The van der Waals surface area contributed by atoms with Crippen molar-refractivity contribution in [3.8, 4) is 5.75 Å². The van der Waals surface area contributed by atoms with Crippen molar-refractivity contribution >= 4 is 11.9 Å². The molecule has 1 aromatic carbocycles. The Morgan fingerprint density at radius 2 is 1.80 bits per heavy atom. The van der Waals surface area contributed by atoms with Crippen LogP contribution in [0.15, 0.2) is 24.3 Å². The van der Waals surface area contributed by atoms with Crippen LogP contribution in [0.2, 0.25) is 0 Å². The van der Waals surface area contributed by atoms with Crippen molar-refractivity contribution < 1.29 is 19.8 Å². The Balaban J connectivity index is 1.80. The van der Waals surface area contributed by atoms with E-state index in [2.05, 4.69) is 5.32 Å². The van der Waals surface area contributed by atoms with Gasteiger partial charge < -0.3 is 15.5 Å². The number of benzene rings is 1. The van der Waals surface area contributed by atoms with Crippen LogP contribution in [-0.4, -0.2) is 28.6 Å². The van der Waals surface area contributed by atoms with Gasteiger partial charge in [-0.15, -0.1) is 0 Å². The molecule has 108 valence electrons. The molecule has 0 unspecified atom stereocenters. The van der Waals surface area contributed by atoms with Gasteiger partial charge in [-0.1, -0.05) is 18.6 Å². The quantitative estimate of drug-likeness (QED) is 0.762. The van der Waals surface area contributed by atoms with Gasteiger partial charge in [-0.2, -0.15) is 0 Å². The van der Waals surface area contributed by atoms with Gasteiger partial charge in [-0.25, -0.2) is 0 Å². The summed E-state index contributed by atoms with van der Waals surface area (Å²) >= 11 is 0. The van der Waals surface area contributed by atoms with Gasteiger partial charge in [0.1, 0.15) is 5.75 Å². The summed E-state index contributed by atoms with van der Waals surface area (Å²) in [6.45, 7) is 0.479. The average Bonchev–Trinajstić information content (AvgIpc) is 2.90. The zero-order valence-electron chi connectivity index (χ0n) is 11.2. The van der Waals surface area contributed by atoms with E-state index in [1.807, 2.05) is 0 Å². The van der Waals surface area contributed by atoms with Gasteiger partial charge in [0.2, 0.25) is 5.91 Å². The number of nitrogens with one attached hydrogen (secondary N) is 1. The fourth-order valence-corrected chi connectivity index (χ4v) is 2.69. The first-order chi connectivity index (χ1) is 9.58. The largest absolute Gasteiger partial charge is 0.508 e. The van der Waals surface area contributed by atoms with E-state index >= 15 is 0 Å². The van der Waals surface area contributed by atoms with Crippen LogP contribution in [0, 0.1) is 11.8 Å². The maximum Gasteiger partial charge on any atom is 0.307 e. The first-order valence-electron chi connectivity index (χ1n) is 6.86. The summed E-state index contributed by atoms with van der Waals surface area (Å²) < 4.78 is 0. The van der Waals surface area contributed by atoms with Gasteiger partial charge in [0.25, 0.3) is 0 Å². The lowest BCUT2D eigenvalue weighted by molar-refractivity contribution is -0.146. The zero-order chi connectivity index (χ0) is 14.5. The van der Waals surface area contributed by atoms with E-state index in [1.165, 1.54) is 0 Å². The number of carbonyl (C=O) groups excluding carboxylic acids is 1. The van der Waals surface area contributed by atoms with Crippen LogP contribution in [-0.2, 0) is 16.0 Å². The summed E-state index contributed by atoms with van der Waals surface area (Å²) in [6.07, 6.45) is 2.71.